The molecular formula is C12H16N4O2. The summed E-state index contributed by atoms with van der Waals surface area (Å²) in [5.74, 6) is 0. The van der Waals surface area contributed by atoms with E-state index in [1.54, 1.807) is 6.07 Å². The van der Waals surface area contributed by atoms with Gasteiger partial charge in [-0.05, 0) is 6.07 Å². The Balaban J connectivity index is 2.66. The second-order valence-electron chi connectivity index (χ2n) is 4.13. The number of anilines is 1. The van der Waals surface area contributed by atoms with Crippen molar-refractivity contribution >= 4 is 11.4 Å². The van der Waals surface area contributed by atoms with Gasteiger partial charge in [-0.1, -0.05) is 13.8 Å². The normalized spacial score (nSPS) is 10.1. The van der Waals surface area contributed by atoms with Gasteiger partial charge in [0.1, 0.15) is 6.07 Å². The van der Waals surface area contributed by atoms with E-state index in [-0.39, 0.29) is 11.3 Å². The molecule has 1 rings (SSSR count). The summed E-state index contributed by atoms with van der Waals surface area (Å²) < 4.78 is 0. The van der Waals surface area contributed by atoms with Crippen LogP contribution in [0.3, 0.4) is 0 Å². The quantitative estimate of drug-likeness (QED) is 0.455. The van der Waals surface area contributed by atoms with Crippen LogP contribution in [0.2, 0.25) is 0 Å². The Morgan fingerprint density at radius 1 is 1.44 bits per heavy atom. The molecule has 0 fully saturated rings. The average Bonchev–Trinajstić information content (AvgIpc) is 2.34. The number of nitro benzene ring substituents is 1. The van der Waals surface area contributed by atoms with Gasteiger partial charge in [-0.25, -0.2) is 0 Å². The van der Waals surface area contributed by atoms with Crippen LogP contribution in [0.15, 0.2) is 18.2 Å². The third-order valence-corrected chi connectivity index (χ3v) is 2.33. The Hall–Kier alpha value is -2.13. The van der Waals surface area contributed by atoms with Gasteiger partial charge in [0.2, 0.25) is 0 Å². The number of benzene rings is 1. The summed E-state index contributed by atoms with van der Waals surface area (Å²) in [7, 11) is 0. The molecule has 18 heavy (non-hydrogen) atoms. The smallest absolute Gasteiger partial charge is 0.270 e. The Morgan fingerprint density at radius 2 is 2.17 bits per heavy atom. The Morgan fingerprint density at radius 3 is 2.72 bits per heavy atom. The molecule has 0 radical (unpaired) electrons. The third kappa shape index (κ3) is 4.03. The fourth-order valence-electron chi connectivity index (χ4n) is 1.45. The molecule has 0 aliphatic heterocycles. The van der Waals surface area contributed by atoms with Gasteiger partial charge in [-0.3, -0.25) is 10.1 Å². The fraction of sp³-hybridized carbons (Fsp3) is 0.417. The summed E-state index contributed by atoms with van der Waals surface area (Å²) in [5.41, 5.74) is 0.833. The van der Waals surface area contributed by atoms with Crippen molar-refractivity contribution in [3.8, 4) is 6.07 Å². The lowest BCUT2D eigenvalue weighted by molar-refractivity contribution is -0.384. The van der Waals surface area contributed by atoms with E-state index in [2.05, 4.69) is 10.6 Å². The van der Waals surface area contributed by atoms with Crippen molar-refractivity contribution in [3.63, 3.8) is 0 Å². The lowest BCUT2D eigenvalue weighted by Crippen LogP contribution is -2.28. The largest absolute Gasteiger partial charge is 0.383 e. The van der Waals surface area contributed by atoms with Gasteiger partial charge in [0.25, 0.3) is 5.69 Å². The maximum absolute atomic E-state index is 10.6. The third-order valence-electron chi connectivity index (χ3n) is 2.33. The molecule has 0 aliphatic carbocycles. The first-order chi connectivity index (χ1) is 8.54. The van der Waals surface area contributed by atoms with Crippen LogP contribution in [-0.2, 0) is 0 Å². The average molecular weight is 248 g/mol. The predicted molar refractivity (Wildman–Crippen MR) is 69.4 cm³/mol. The molecule has 0 saturated heterocycles. The van der Waals surface area contributed by atoms with Gasteiger partial charge in [-0.2, -0.15) is 5.26 Å². The maximum atomic E-state index is 10.6. The number of nitro groups is 1. The van der Waals surface area contributed by atoms with Crippen molar-refractivity contribution in [1.82, 2.24) is 5.32 Å². The summed E-state index contributed by atoms with van der Waals surface area (Å²) in [6.45, 7) is 5.52. The summed E-state index contributed by atoms with van der Waals surface area (Å²) in [6, 6.07) is 6.58. The highest BCUT2D eigenvalue weighted by Crippen LogP contribution is 2.20. The van der Waals surface area contributed by atoms with Crippen LogP contribution in [0.5, 0.6) is 0 Å². The van der Waals surface area contributed by atoms with E-state index < -0.39 is 4.92 Å². The molecule has 0 unspecified atom stereocenters. The second-order valence-corrected chi connectivity index (χ2v) is 4.13. The van der Waals surface area contributed by atoms with E-state index in [1.807, 2.05) is 19.9 Å². The molecule has 0 bridgehead atoms. The van der Waals surface area contributed by atoms with E-state index in [9.17, 15) is 10.1 Å². The zero-order chi connectivity index (χ0) is 13.5. The molecule has 0 heterocycles. The van der Waals surface area contributed by atoms with E-state index in [0.717, 1.165) is 6.54 Å². The minimum atomic E-state index is -0.509. The van der Waals surface area contributed by atoms with Crippen LogP contribution >= 0.6 is 0 Å². The second kappa shape index (κ2) is 6.57. The number of hydrogen-bond acceptors (Lipinski definition) is 5. The number of hydrogen-bond donors (Lipinski definition) is 2. The van der Waals surface area contributed by atoms with E-state index >= 15 is 0 Å². The lowest BCUT2D eigenvalue weighted by Gasteiger charge is -2.10. The number of nitrogens with zero attached hydrogens (tertiary/aromatic N) is 2. The molecule has 96 valence electrons. The zero-order valence-corrected chi connectivity index (χ0v) is 10.4. The number of nitrogens with one attached hydrogen (secondary N) is 2. The van der Waals surface area contributed by atoms with Crippen LogP contribution in [0.25, 0.3) is 0 Å². The van der Waals surface area contributed by atoms with E-state index in [1.165, 1.54) is 12.1 Å². The van der Waals surface area contributed by atoms with E-state index in [0.29, 0.717) is 18.3 Å². The van der Waals surface area contributed by atoms with Crippen LogP contribution in [0, 0.1) is 21.4 Å². The van der Waals surface area contributed by atoms with E-state index in [4.69, 9.17) is 5.26 Å². The van der Waals surface area contributed by atoms with Crippen molar-refractivity contribution < 1.29 is 4.92 Å². The van der Waals surface area contributed by atoms with Crippen LogP contribution in [0.1, 0.15) is 19.4 Å². The summed E-state index contributed by atoms with van der Waals surface area (Å²) in [6.07, 6.45) is 0. The molecule has 0 spiro atoms. The summed E-state index contributed by atoms with van der Waals surface area (Å²) >= 11 is 0. The van der Waals surface area contributed by atoms with Crippen molar-refractivity contribution in [3.05, 3.63) is 33.9 Å². The van der Waals surface area contributed by atoms with Gasteiger partial charge in [0.05, 0.1) is 16.2 Å². The highest BCUT2D eigenvalue weighted by Gasteiger charge is 2.09. The van der Waals surface area contributed by atoms with Crippen molar-refractivity contribution in [1.29, 1.82) is 5.26 Å². The van der Waals surface area contributed by atoms with Gasteiger partial charge in [0, 0.05) is 31.3 Å². The van der Waals surface area contributed by atoms with Gasteiger partial charge >= 0.3 is 0 Å². The van der Waals surface area contributed by atoms with Crippen LogP contribution < -0.4 is 10.6 Å². The SMILES string of the molecule is CC(C)NCCNc1ccc([N+](=O)[O-])cc1C#N. The number of non-ortho nitro benzene ring substituents is 1. The molecule has 0 amide bonds. The molecule has 0 atom stereocenters. The first-order valence-electron chi connectivity index (χ1n) is 5.70. The molecule has 0 saturated carbocycles. The van der Waals surface area contributed by atoms with Crippen molar-refractivity contribution in [2.75, 3.05) is 18.4 Å². The highest BCUT2D eigenvalue weighted by atomic mass is 16.6. The molecule has 1 aromatic carbocycles. The van der Waals surface area contributed by atoms with Crippen LogP contribution in [0.4, 0.5) is 11.4 Å². The molecule has 6 heteroatoms. The topological polar surface area (TPSA) is 91.0 Å². The molecular weight excluding hydrogens is 232 g/mol. The number of rotatable bonds is 6. The van der Waals surface area contributed by atoms with Gasteiger partial charge in [-0.15, -0.1) is 0 Å². The Kier molecular flexibility index (Phi) is 5.08. The zero-order valence-electron chi connectivity index (χ0n) is 10.4. The minimum Gasteiger partial charge on any atom is -0.383 e. The van der Waals surface area contributed by atoms with Crippen molar-refractivity contribution in [2.24, 2.45) is 0 Å². The molecule has 0 aromatic heterocycles. The molecule has 1 aromatic rings. The summed E-state index contributed by atoms with van der Waals surface area (Å²) in [5, 5.41) is 25.8. The van der Waals surface area contributed by atoms with Crippen molar-refractivity contribution in [2.45, 2.75) is 19.9 Å². The molecule has 0 aliphatic rings. The first kappa shape index (κ1) is 13.9. The molecule has 6 nitrogen and oxygen atoms in total. The monoisotopic (exact) mass is 248 g/mol. The lowest BCUT2D eigenvalue weighted by atomic mass is 10.1. The Labute approximate surface area is 106 Å². The molecule has 2 N–H and O–H groups in total. The standard InChI is InChI=1S/C12H16N4O2/c1-9(2)14-5-6-15-12-4-3-11(16(17)18)7-10(12)8-13/h3-4,7,9,14-15H,5-6H2,1-2H3. The fourth-order valence-corrected chi connectivity index (χ4v) is 1.45. The first-order valence-corrected chi connectivity index (χ1v) is 5.70. The summed E-state index contributed by atoms with van der Waals surface area (Å²) in [4.78, 5) is 10.1. The van der Waals surface area contributed by atoms with Crippen LogP contribution in [-0.4, -0.2) is 24.1 Å². The Bertz CT molecular complexity index is 466. The highest BCUT2D eigenvalue weighted by molar-refractivity contribution is 5.61. The maximum Gasteiger partial charge on any atom is 0.270 e. The minimum absolute atomic E-state index is 0.0718. The van der Waals surface area contributed by atoms with Gasteiger partial charge < -0.3 is 10.6 Å². The van der Waals surface area contributed by atoms with Gasteiger partial charge in [0.15, 0.2) is 0 Å². The number of nitriles is 1. The predicted octanol–water partition coefficient (Wildman–Crippen LogP) is 1.88.